The highest BCUT2D eigenvalue weighted by Crippen LogP contribution is 2.13. The van der Waals surface area contributed by atoms with Crippen LogP contribution < -0.4 is 5.32 Å². The first-order valence-corrected chi connectivity index (χ1v) is 6.94. The number of benzene rings is 1. The van der Waals surface area contributed by atoms with Crippen molar-refractivity contribution in [3.8, 4) is 0 Å². The largest absolute Gasteiger partial charge is 0.460 e. The van der Waals surface area contributed by atoms with Crippen molar-refractivity contribution >= 4 is 11.7 Å². The summed E-state index contributed by atoms with van der Waals surface area (Å²) in [5, 5.41) is 13.8. The van der Waals surface area contributed by atoms with E-state index in [4.69, 9.17) is 4.74 Å². The molecule has 0 atom stereocenters. The van der Waals surface area contributed by atoms with Gasteiger partial charge in [-0.3, -0.25) is 14.9 Å². The molecule has 6 heteroatoms. The van der Waals surface area contributed by atoms with Crippen LogP contribution >= 0.6 is 0 Å². The van der Waals surface area contributed by atoms with Gasteiger partial charge in [0.25, 0.3) is 5.69 Å². The molecular weight excluding hydrogens is 272 g/mol. The first kappa shape index (κ1) is 17.1. The van der Waals surface area contributed by atoms with Crippen LogP contribution in [0.5, 0.6) is 0 Å². The Bertz CT molecular complexity index is 495. The van der Waals surface area contributed by atoms with Crippen LogP contribution in [0.3, 0.4) is 0 Å². The predicted octanol–water partition coefficient (Wildman–Crippen LogP) is 2.81. The fourth-order valence-electron chi connectivity index (χ4n) is 1.76. The zero-order chi connectivity index (χ0) is 15.9. The van der Waals surface area contributed by atoms with E-state index in [1.165, 1.54) is 6.07 Å². The van der Waals surface area contributed by atoms with Gasteiger partial charge >= 0.3 is 5.97 Å². The first-order chi connectivity index (χ1) is 9.78. The molecule has 0 saturated heterocycles. The summed E-state index contributed by atoms with van der Waals surface area (Å²) in [4.78, 5) is 21.7. The number of nitro groups is 1. The Morgan fingerprint density at radius 3 is 2.71 bits per heavy atom. The van der Waals surface area contributed by atoms with Crippen LogP contribution in [-0.4, -0.2) is 23.0 Å². The summed E-state index contributed by atoms with van der Waals surface area (Å²) >= 11 is 0. The lowest BCUT2D eigenvalue weighted by atomic mass is 10.2. The third kappa shape index (κ3) is 7.41. The van der Waals surface area contributed by atoms with Gasteiger partial charge < -0.3 is 10.1 Å². The van der Waals surface area contributed by atoms with E-state index < -0.39 is 10.5 Å². The van der Waals surface area contributed by atoms with Crippen molar-refractivity contribution in [1.29, 1.82) is 0 Å². The van der Waals surface area contributed by atoms with E-state index >= 15 is 0 Å². The van der Waals surface area contributed by atoms with Gasteiger partial charge in [0, 0.05) is 25.1 Å². The van der Waals surface area contributed by atoms with E-state index in [0.717, 1.165) is 5.56 Å². The molecule has 1 aromatic rings. The summed E-state index contributed by atoms with van der Waals surface area (Å²) in [6, 6.07) is 6.50. The number of ether oxygens (including phenoxy) is 1. The topological polar surface area (TPSA) is 81.5 Å². The summed E-state index contributed by atoms with van der Waals surface area (Å²) in [6.07, 6.45) is 1.03. The molecule has 0 aromatic heterocycles. The monoisotopic (exact) mass is 294 g/mol. The number of hydrogen-bond donors (Lipinski definition) is 1. The summed E-state index contributed by atoms with van der Waals surface area (Å²) in [6.45, 7) is 6.71. The maximum Gasteiger partial charge on any atom is 0.306 e. The number of hydrogen-bond acceptors (Lipinski definition) is 5. The van der Waals surface area contributed by atoms with Crippen LogP contribution in [0.1, 0.15) is 39.2 Å². The Hall–Kier alpha value is -1.95. The molecule has 1 N–H and O–H groups in total. The molecule has 0 unspecified atom stereocenters. The van der Waals surface area contributed by atoms with Crippen LogP contribution in [0.25, 0.3) is 0 Å². The Morgan fingerprint density at radius 1 is 1.38 bits per heavy atom. The highest BCUT2D eigenvalue weighted by Gasteiger charge is 2.15. The van der Waals surface area contributed by atoms with E-state index in [0.29, 0.717) is 25.9 Å². The molecule has 0 fully saturated rings. The smallest absolute Gasteiger partial charge is 0.306 e. The Morgan fingerprint density at radius 2 is 2.10 bits per heavy atom. The number of nitro benzene ring substituents is 1. The number of nitrogens with zero attached hydrogens (tertiary/aromatic N) is 1. The van der Waals surface area contributed by atoms with Gasteiger partial charge in [-0.2, -0.15) is 0 Å². The van der Waals surface area contributed by atoms with E-state index in [9.17, 15) is 14.9 Å². The van der Waals surface area contributed by atoms with Crippen LogP contribution in [-0.2, 0) is 16.1 Å². The molecule has 116 valence electrons. The molecule has 0 radical (unpaired) electrons. The molecular formula is C15H22N2O4. The van der Waals surface area contributed by atoms with Crippen LogP contribution in [0.4, 0.5) is 5.69 Å². The van der Waals surface area contributed by atoms with Crippen molar-refractivity contribution in [2.45, 2.75) is 45.8 Å². The molecule has 6 nitrogen and oxygen atoms in total. The highest BCUT2D eigenvalue weighted by atomic mass is 16.6. The Balaban J connectivity index is 2.24. The minimum atomic E-state index is -0.451. The lowest BCUT2D eigenvalue weighted by molar-refractivity contribution is -0.384. The maximum absolute atomic E-state index is 11.5. The number of esters is 1. The van der Waals surface area contributed by atoms with E-state index in [-0.39, 0.29) is 11.7 Å². The standard InChI is InChI=1S/C15H22N2O4/c1-15(2,3)21-14(18)8-5-9-16-11-12-6-4-7-13(10-12)17(19)20/h4,6-7,10,16H,5,8-9,11H2,1-3H3. The molecule has 0 spiro atoms. The molecule has 0 aliphatic rings. The van der Waals surface area contributed by atoms with Gasteiger partial charge in [0.05, 0.1) is 4.92 Å². The normalized spacial score (nSPS) is 11.2. The average molecular weight is 294 g/mol. The third-order valence-electron chi connectivity index (χ3n) is 2.60. The third-order valence-corrected chi connectivity index (χ3v) is 2.60. The zero-order valence-corrected chi connectivity index (χ0v) is 12.7. The Labute approximate surface area is 124 Å². The van der Waals surface area contributed by atoms with Gasteiger partial charge in [-0.05, 0) is 39.3 Å². The second-order valence-corrected chi connectivity index (χ2v) is 5.79. The molecule has 1 aromatic carbocycles. The van der Waals surface area contributed by atoms with Crippen molar-refractivity contribution in [2.75, 3.05) is 6.54 Å². The SMILES string of the molecule is CC(C)(C)OC(=O)CCCNCc1cccc([N+](=O)[O-])c1. The summed E-state index contributed by atoms with van der Waals surface area (Å²) in [7, 11) is 0. The van der Waals surface area contributed by atoms with Gasteiger partial charge in [-0.1, -0.05) is 12.1 Å². The zero-order valence-electron chi connectivity index (χ0n) is 12.7. The van der Waals surface area contributed by atoms with Gasteiger partial charge in [0.1, 0.15) is 5.60 Å². The van der Waals surface area contributed by atoms with Gasteiger partial charge in [0.15, 0.2) is 0 Å². The molecule has 0 saturated carbocycles. The molecule has 0 aliphatic carbocycles. The van der Waals surface area contributed by atoms with Crippen LogP contribution in [0, 0.1) is 10.1 Å². The fourth-order valence-corrected chi connectivity index (χ4v) is 1.76. The maximum atomic E-state index is 11.5. The van der Waals surface area contributed by atoms with Crippen molar-refractivity contribution in [2.24, 2.45) is 0 Å². The van der Waals surface area contributed by atoms with E-state index in [2.05, 4.69) is 5.32 Å². The quantitative estimate of drug-likeness (QED) is 0.362. The summed E-state index contributed by atoms with van der Waals surface area (Å²) < 4.78 is 5.20. The number of non-ortho nitro benzene ring substituents is 1. The average Bonchev–Trinajstić information content (AvgIpc) is 2.36. The molecule has 0 bridgehead atoms. The van der Waals surface area contributed by atoms with E-state index in [1.807, 2.05) is 26.8 Å². The predicted molar refractivity (Wildman–Crippen MR) is 79.9 cm³/mol. The van der Waals surface area contributed by atoms with Crippen molar-refractivity contribution in [3.63, 3.8) is 0 Å². The second kappa shape index (κ2) is 7.73. The molecule has 1 rings (SSSR count). The number of carbonyl (C=O) groups excluding carboxylic acids is 1. The van der Waals surface area contributed by atoms with Gasteiger partial charge in [-0.25, -0.2) is 0 Å². The lowest BCUT2D eigenvalue weighted by Crippen LogP contribution is -2.24. The number of nitrogens with one attached hydrogen (secondary N) is 1. The molecule has 0 amide bonds. The minimum absolute atomic E-state index is 0.0862. The van der Waals surface area contributed by atoms with Crippen molar-refractivity contribution < 1.29 is 14.5 Å². The molecule has 21 heavy (non-hydrogen) atoms. The van der Waals surface area contributed by atoms with Crippen LogP contribution in [0.2, 0.25) is 0 Å². The van der Waals surface area contributed by atoms with Crippen molar-refractivity contribution in [1.82, 2.24) is 5.32 Å². The lowest BCUT2D eigenvalue weighted by Gasteiger charge is -2.19. The van der Waals surface area contributed by atoms with Gasteiger partial charge in [0.2, 0.25) is 0 Å². The second-order valence-electron chi connectivity index (χ2n) is 5.79. The summed E-state index contributed by atoms with van der Waals surface area (Å²) in [5.74, 6) is -0.209. The molecule has 0 aliphatic heterocycles. The number of carbonyl (C=O) groups is 1. The fraction of sp³-hybridized carbons (Fsp3) is 0.533. The highest BCUT2D eigenvalue weighted by molar-refractivity contribution is 5.69. The van der Waals surface area contributed by atoms with Crippen molar-refractivity contribution in [3.05, 3.63) is 39.9 Å². The minimum Gasteiger partial charge on any atom is -0.460 e. The summed E-state index contributed by atoms with van der Waals surface area (Å²) in [5.41, 5.74) is 0.484. The number of rotatable bonds is 7. The molecule has 0 heterocycles. The van der Waals surface area contributed by atoms with E-state index in [1.54, 1.807) is 12.1 Å². The Kier molecular flexibility index (Phi) is 6.30. The first-order valence-electron chi connectivity index (χ1n) is 6.94. The van der Waals surface area contributed by atoms with Gasteiger partial charge in [-0.15, -0.1) is 0 Å². The van der Waals surface area contributed by atoms with Crippen LogP contribution in [0.15, 0.2) is 24.3 Å².